The Morgan fingerprint density at radius 1 is 0.700 bits per heavy atom. The highest BCUT2D eigenvalue weighted by atomic mass is 16.8. The molecule has 10 heteroatoms. The first-order valence-electron chi connectivity index (χ1n) is 5.97. The Hall–Kier alpha value is -0.400. The van der Waals surface area contributed by atoms with Crippen LogP contribution in [0.2, 0.25) is 0 Å². The van der Waals surface area contributed by atoms with Gasteiger partial charge in [0.05, 0.1) is 13.2 Å². The first kappa shape index (κ1) is 16.0. The van der Waals surface area contributed by atoms with E-state index in [1.807, 2.05) is 0 Å². The Bertz CT molecular complexity index is 332. The van der Waals surface area contributed by atoms with Crippen LogP contribution in [0.15, 0.2) is 0 Å². The maximum absolute atomic E-state index is 10.2. The second kappa shape index (κ2) is 5.10. The molecule has 0 bridgehead atoms. The smallest absolute Gasteiger partial charge is 0.254 e. The van der Waals surface area contributed by atoms with E-state index in [4.69, 9.17) is 19.7 Å². The monoisotopic (exact) mass is 298 g/mol. The van der Waals surface area contributed by atoms with E-state index in [0.717, 1.165) is 0 Å². The Balaban J connectivity index is 2.43. The summed E-state index contributed by atoms with van der Waals surface area (Å²) in [6.45, 7) is -1.66. The molecule has 20 heavy (non-hydrogen) atoms. The van der Waals surface area contributed by atoms with E-state index in [-0.39, 0.29) is 0 Å². The van der Waals surface area contributed by atoms with Gasteiger partial charge in [-0.3, -0.25) is 0 Å². The Morgan fingerprint density at radius 3 is 1.25 bits per heavy atom. The third-order valence-electron chi connectivity index (χ3n) is 3.75. The fraction of sp³-hybridized carbons (Fsp3) is 1.00. The van der Waals surface area contributed by atoms with Crippen LogP contribution in [0.25, 0.3) is 0 Å². The van der Waals surface area contributed by atoms with Crippen molar-refractivity contribution in [3.05, 3.63) is 0 Å². The molecule has 0 aromatic rings. The summed E-state index contributed by atoms with van der Waals surface area (Å²) in [4.78, 5) is 0. The van der Waals surface area contributed by atoms with Gasteiger partial charge in [-0.25, -0.2) is 0 Å². The van der Waals surface area contributed by atoms with Crippen molar-refractivity contribution < 1.29 is 50.3 Å². The van der Waals surface area contributed by atoms with E-state index in [1.165, 1.54) is 0 Å². The third-order valence-corrected chi connectivity index (χ3v) is 3.75. The van der Waals surface area contributed by atoms with Gasteiger partial charge < -0.3 is 50.3 Å². The summed E-state index contributed by atoms with van der Waals surface area (Å²) in [5, 5.41) is 77.5. The zero-order chi connectivity index (χ0) is 15.3. The molecule has 0 saturated carbocycles. The van der Waals surface area contributed by atoms with Gasteiger partial charge in [0.1, 0.15) is 36.6 Å². The number of aliphatic hydroxyl groups is 8. The molecule has 2 saturated heterocycles. The van der Waals surface area contributed by atoms with Gasteiger partial charge in [0, 0.05) is 0 Å². The molecule has 2 fully saturated rings. The first-order valence-corrected chi connectivity index (χ1v) is 5.97. The highest BCUT2D eigenvalue weighted by Gasteiger charge is 2.72. The molecule has 2 aliphatic heterocycles. The molecule has 0 aromatic carbocycles. The summed E-state index contributed by atoms with van der Waals surface area (Å²) in [5.74, 6) is -5.99. The van der Waals surface area contributed by atoms with Gasteiger partial charge in [-0.15, -0.1) is 0 Å². The molecule has 2 rings (SSSR count). The van der Waals surface area contributed by atoms with Gasteiger partial charge in [0.2, 0.25) is 0 Å². The van der Waals surface area contributed by atoms with Crippen LogP contribution >= 0.6 is 0 Å². The summed E-state index contributed by atoms with van der Waals surface area (Å²) < 4.78 is 9.63. The van der Waals surface area contributed by atoms with Crippen LogP contribution in [0, 0.1) is 0 Å². The van der Waals surface area contributed by atoms with Gasteiger partial charge >= 0.3 is 0 Å². The summed E-state index contributed by atoms with van der Waals surface area (Å²) in [6, 6.07) is 0. The van der Waals surface area contributed by atoms with E-state index >= 15 is 0 Å². The van der Waals surface area contributed by atoms with Crippen molar-refractivity contribution in [2.45, 2.75) is 48.2 Å². The minimum absolute atomic E-state index is 0.830. The van der Waals surface area contributed by atoms with Crippen LogP contribution in [0.1, 0.15) is 0 Å². The fourth-order valence-electron chi connectivity index (χ4n) is 2.49. The van der Waals surface area contributed by atoms with Crippen LogP contribution in [-0.2, 0) is 9.47 Å². The Labute approximate surface area is 113 Å². The number of rotatable bonds is 2. The van der Waals surface area contributed by atoms with Gasteiger partial charge in [-0.05, 0) is 0 Å². The molecule has 0 aromatic heterocycles. The quantitative estimate of drug-likeness (QED) is 0.245. The second-order valence-electron chi connectivity index (χ2n) is 4.94. The molecule has 0 spiro atoms. The van der Waals surface area contributed by atoms with E-state index in [0.29, 0.717) is 0 Å². The molecular formula is C10H18O10. The lowest BCUT2D eigenvalue weighted by molar-refractivity contribution is -0.509. The highest BCUT2D eigenvalue weighted by molar-refractivity contribution is 5.10. The zero-order valence-electron chi connectivity index (χ0n) is 10.3. The normalized spacial score (nSPS) is 56.4. The topological polar surface area (TPSA) is 180 Å². The molecular weight excluding hydrogens is 280 g/mol. The molecule has 0 radical (unpaired) electrons. The molecule has 2 heterocycles. The summed E-state index contributed by atoms with van der Waals surface area (Å²) in [5.41, 5.74) is 0. The van der Waals surface area contributed by atoms with Gasteiger partial charge in [0.15, 0.2) is 0 Å². The SMILES string of the molecule is OC[C@@H]1O[C@]2(O)[C@H](O)[C@H](O)[C@@H](CO)O[C@@]2(O)[C@@H](O)[C@H]1O. The number of aliphatic hydroxyl groups excluding tert-OH is 6. The molecule has 2 aliphatic rings. The summed E-state index contributed by atoms with van der Waals surface area (Å²) in [6.07, 6.45) is -11.0. The maximum atomic E-state index is 10.2. The van der Waals surface area contributed by atoms with Crippen molar-refractivity contribution in [1.82, 2.24) is 0 Å². The van der Waals surface area contributed by atoms with Gasteiger partial charge in [-0.1, -0.05) is 0 Å². The predicted octanol–water partition coefficient (Wildman–Crippen LogP) is -5.41. The first-order chi connectivity index (χ1) is 9.22. The van der Waals surface area contributed by atoms with Crippen molar-refractivity contribution in [2.24, 2.45) is 0 Å². The van der Waals surface area contributed by atoms with Crippen molar-refractivity contribution in [1.29, 1.82) is 0 Å². The zero-order valence-corrected chi connectivity index (χ0v) is 10.3. The maximum Gasteiger partial charge on any atom is 0.254 e. The molecule has 8 N–H and O–H groups in total. The lowest BCUT2D eigenvalue weighted by atomic mass is 9.80. The average Bonchev–Trinajstić information content (AvgIpc) is 2.44. The molecule has 0 amide bonds. The number of ether oxygens (including phenoxy) is 2. The van der Waals surface area contributed by atoms with Gasteiger partial charge in [-0.2, -0.15) is 0 Å². The highest BCUT2D eigenvalue weighted by Crippen LogP contribution is 2.45. The van der Waals surface area contributed by atoms with Crippen LogP contribution in [-0.4, -0.2) is 102 Å². The minimum Gasteiger partial charge on any atom is -0.394 e. The number of fused-ring (bicyclic) bond motifs is 1. The predicted molar refractivity (Wildman–Crippen MR) is 57.8 cm³/mol. The Kier molecular flexibility index (Phi) is 4.08. The second-order valence-corrected chi connectivity index (χ2v) is 4.94. The molecule has 0 aliphatic carbocycles. The lowest BCUT2D eigenvalue weighted by Crippen LogP contribution is -2.83. The minimum atomic E-state index is -3.00. The van der Waals surface area contributed by atoms with Crippen molar-refractivity contribution in [3.63, 3.8) is 0 Å². The number of hydrogen-bond donors (Lipinski definition) is 8. The summed E-state index contributed by atoms with van der Waals surface area (Å²) in [7, 11) is 0. The van der Waals surface area contributed by atoms with E-state index < -0.39 is 61.4 Å². The van der Waals surface area contributed by atoms with Gasteiger partial charge in [0.25, 0.3) is 11.6 Å². The average molecular weight is 298 g/mol. The van der Waals surface area contributed by atoms with E-state index in [9.17, 15) is 30.6 Å². The molecule has 118 valence electrons. The van der Waals surface area contributed by atoms with E-state index in [1.54, 1.807) is 0 Å². The van der Waals surface area contributed by atoms with E-state index in [2.05, 4.69) is 0 Å². The van der Waals surface area contributed by atoms with Crippen LogP contribution in [0.4, 0.5) is 0 Å². The van der Waals surface area contributed by atoms with Crippen molar-refractivity contribution >= 4 is 0 Å². The van der Waals surface area contributed by atoms with Crippen LogP contribution in [0.5, 0.6) is 0 Å². The largest absolute Gasteiger partial charge is 0.394 e. The molecule has 10 nitrogen and oxygen atoms in total. The summed E-state index contributed by atoms with van der Waals surface area (Å²) >= 11 is 0. The lowest BCUT2D eigenvalue weighted by Gasteiger charge is -2.58. The third kappa shape index (κ3) is 1.89. The standard InChI is InChI=1S/C10H18O10/c11-1-3-5(13)7(15)10(18)9(17,19-3)8(16)6(14)4(2-12)20-10/h3-8,11-18H,1-2H2/t3-,4+,5-,6+,7-,8+,9+,10-. The Morgan fingerprint density at radius 2 is 1.00 bits per heavy atom. The van der Waals surface area contributed by atoms with Crippen molar-refractivity contribution in [2.75, 3.05) is 13.2 Å². The molecule has 0 unspecified atom stereocenters. The number of hydrogen-bond acceptors (Lipinski definition) is 10. The fourth-order valence-corrected chi connectivity index (χ4v) is 2.49. The van der Waals surface area contributed by atoms with Crippen molar-refractivity contribution in [3.8, 4) is 0 Å². The van der Waals surface area contributed by atoms with Crippen LogP contribution in [0.3, 0.4) is 0 Å². The van der Waals surface area contributed by atoms with Crippen LogP contribution < -0.4 is 0 Å². The molecule has 8 atom stereocenters.